The number of carbonyl (C=O) groups is 3. The largest absolute Gasteiger partial charge is 0.462 e. The van der Waals surface area contributed by atoms with Gasteiger partial charge >= 0.3 is 17.9 Å². The highest BCUT2D eigenvalue weighted by molar-refractivity contribution is 5.71. The van der Waals surface area contributed by atoms with Gasteiger partial charge < -0.3 is 14.2 Å². The summed E-state index contributed by atoms with van der Waals surface area (Å²) in [5, 5.41) is 0. The van der Waals surface area contributed by atoms with Crippen molar-refractivity contribution in [3.8, 4) is 0 Å². The maximum Gasteiger partial charge on any atom is 0.306 e. The predicted octanol–water partition coefficient (Wildman–Crippen LogP) is 18.4. The van der Waals surface area contributed by atoms with Crippen LogP contribution in [0.3, 0.4) is 0 Å². The average Bonchev–Trinajstić information content (AvgIpc) is 3.35. The topological polar surface area (TPSA) is 78.9 Å². The summed E-state index contributed by atoms with van der Waals surface area (Å²) in [6.07, 6.45) is 79.9. The number of esters is 3. The number of rotatable bonds is 47. The molecule has 0 bridgehead atoms. The van der Waals surface area contributed by atoms with Crippen LogP contribution in [0.4, 0.5) is 0 Å². The Morgan fingerprint density at radius 1 is 0.304 bits per heavy atom. The van der Waals surface area contributed by atoms with Gasteiger partial charge in [0.15, 0.2) is 6.10 Å². The molecule has 0 aliphatic rings. The summed E-state index contributed by atoms with van der Waals surface area (Å²) in [4.78, 5) is 38.0. The van der Waals surface area contributed by atoms with Crippen molar-refractivity contribution in [2.45, 2.75) is 219 Å². The van der Waals surface area contributed by atoms with Gasteiger partial charge in [0.25, 0.3) is 0 Å². The van der Waals surface area contributed by atoms with Crippen LogP contribution in [0.1, 0.15) is 213 Å². The van der Waals surface area contributed by atoms with Crippen LogP contribution in [0.5, 0.6) is 0 Å². The Balaban J connectivity index is 4.67. The lowest BCUT2D eigenvalue weighted by Crippen LogP contribution is -2.30. The lowest BCUT2D eigenvalue weighted by Gasteiger charge is -2.18. The first-order valence-electron chi connectivity index (χ1n) is 27.3. The van der Waals surface area contributed by atoms with E-state index in [1.807, 2.05) is 12.2 Å². The molecule has 0 aromatic carbocycles. The molecule has 0 N–H and O–H groups in total. The monoisotopic (exact) mass is 951 g/mol. The summed E-state index contributed by atoms with van der Waals surface area (Å²) in [5.74, 6) is -1.13. The van der Waals surface area contributed by atoms with Crippen molar-refractivity contribution in [1.29, 1.82) is 0 Å². The maximum absolute atomic E-state index is 12.8. The summed E-state index contributed by atoms with van der Waals surface area (Å²) >= 11 is 0. The second kappa shape index (κ2) is 55.9. The van der Waals surface area contributed by atoms with E-state index in [1.54, 1.807) is 0 Å². The molecule has 6 heteroatoms. The Kier molecular flexibility index (Phi) is 52.1. The minimum atomic E-state index is -0.861. The summed E-state index contributed by atoms with van der Waals surface area (Å²) in [6, 6.07) is 0. The van der Waals surface area contributed by atoms with E-state index >= 15 is 0 Å². The van der Waals surface area contributed by atoms with Crippen LogP contribution < -0.4 is 0 Å². The highest BCUT2D eigenvalue weighted by atomic mass is 16.6. The smallest absolute Gasteiger partial charge is 0.306 e. The van der Waals surface area contributed by atoms with Gasteiger partial charge in [-0.3, -0.25) is 14.4 Å². The number of hydrogen-bond donors (Lipinski definition) is 0. The molecule has 1 atom stereocenters. The molecule has 0 amide bonds. The third-order valence-corrected chi connectivity index (χ3v) is 10.8. The molecule has 0 unspecified atom stereocenters. The molecule has 0 saturated heterocycles. The molecule has 0 radical (unpaired) electrons. The maximum atomic E-state index is 12.8. The van der Waals surface area contributed by atoms with Gasteiger partial charge in [-0.2, -0.15) is 0 Å². The highest BCUT2D eigenvalue weighted by Gasteiger charge is 2.19. The first-order valence-corrected chi connectivity index (χ1v) is 27.3. The van der Waals surface area contributed by atoms with Crippen LogP contribution in [0.15, 0.2) is 146 Å². The predicted molar refractivity (Wildman–Crippen MR) is 297 cm³/mol. The fourth-order valence-electron chi connectivity index (χ4n) is 6.72. The second-order valence-corrected chi connectivity index (χ2v) is 17.4. The molecule has 0 aromatic heterocycles. The van der Waals surface area contributed by atoms with Gasteiger partial charge in [0.1, 0.15) is 13.2 Å². The number of carbonyl (C=O) groups excluding carboxylic acids is 3. The minimum absolute atomic E-state index is 0.150. The lowest BCUT2D eigenvalue weighted by atomic mass is 10.1. The zero-order chi connectivity index (χ0) is 50.0. The zero-order valence-corrected chi connectivity index (χ0v) is 44.0. The molecular weight excluding hydrogens is 853 g/mol. The van der Waals surface area contributed by atoms with Crippen LogP contribution in [-0.4, -0.2) is 37.2 Å². The Morgan fingerprint density at radius 2 is 0.609 bits per heavy atom. The zero-order valence-electron chi connectivity index (χ0n) is 44.0. The Hall–Kier alpha value is -4.71. The van der Waals surface area contributed by atoms with E-state index in [-0.39, 0.29) is 44.4 Å². The molecule has 386 valence electrons. The average molecular weight is 951 g/mol. The molecule has 0 rings (SSSR count). The summed E-state index contributed by atoms with van der Waals surface area (Å²) in [5.41, 5.74) is 0. The fraction of sp³-hybridized carbons (Fsp3) is 0.571. The Bertz CT molecular complexity index is 1560. The van der Waals surface area contributed by atoms with Gasteiger partial charge in [-0.15, -0.1) is 0 Å². The van der Waals surface area contributed by atoms with Gasteiger partial charge in [-0.05, 0) is 128 Å². The lowest BCUT2D eigenvalue weighted by molar-refractivity contribution is -0.166. The van der Waals surface area contributed by atoms with Crippen LogP contribution >= 0.6 is 0 Å². The molecule has 0 heterocycles. The van der Waals surface area contributed by atoms with E-state index in [0.29, 0.717) is 19.3 Å². The molecule has 6 nitrogen and oxygen atoms in total. The van der Waals surface area contributed by atoms with Crippen molar-refractivity contribution >= 4 is 17.9 Å². The van der Waals surface area contributed by atoms with Crippen molar-refractivity contribution in [1.82, 2.24) is 0 Å². The Labute approximate surface area is 423 Å². The third-order valence-electron chi connectivity index (χ3n) is 10.8. The van der Waals surface area contributed by atoms with Crippen molar-refractivity contribution in [3.05, 3.63) is 146 Å². The van der Waals surface area contributed by atoms with Crippen molar-refractivity contribution in [2.24, 2.45) is 0 Å². The molecule has 0 saturated carbocycles. The third kappa shape index (κ3) is 54.1. The van der Waals surface area contributed by atoms with E-state index in [0.717, 1.165) is 83.5 Å². The first-order chi connectivity index (χ1) is 34.0. The standard InChI is InChI=1S/C63H98O6/c1-4-7-10-13-16-19-22-25-28-30-31-33-36-39-42-45-48-51-54-57-63(66)69-60(58-67-61(64)55-52-49-46-43-40-37-34-27-24-21-18-15-12-9-6-3)59-68-62(65)56-53-50-47-44-41-38-35-32-29-26-23-20-17-14-11-8-5-2/h7,10,16,18-19,21,25-29,31,33-35,38-40,42-44,47-48,51,60H,4-6,8-9,11-15,17,20,22-24,30,32,36-37,41,45-46,49-50,52-59H2,1-3H3/b10-7-,19-16-,21-18-,28-25-,29-26-,33-31-,34-27-,38-35-,42-39-,43-40-,47-44-,51-48-/t60-/m1/s1. The molecule has 69 heavy (non-hydrogen) atoms. The minimum Gasteiger partial charge on any atom is -0.462 e. The van der Waals surface area contributed by atoms with Gasteiger partial charge in [-0.1, -0.05) is 212 Å². The van der Waals surface area contributed by atoms with Gasteiger partial charge in [0.2, 0.25) is 0 Å². The normalized spacial score (nSPS) is 13.3. The molecule has 0 aliphatic heterocycles. The van der Waals surface area contributed by atoms with Crippen LogP contribution in [-0.2, 0) is 28.6 Å². The van der Waals surface area contributed by atoms with Crippen molar-refractivity contribution in [2.75, 3.05) is 13.2 Å². The quantitative estimate of drug-likeness (QED) is 0.0262. The van der Waals surface area contributed by atoms with Gasteiger partial charge in [-0.25, -0.2) is 0 Å². The van der Waals surface area contributed by atoms with Gasteiger partial charge in [0, 0.05) is 19.3 Å². The van der Waals surface area contributed by atoms with Crippen molar-refractivity contribution < 1.29 is 28.6 Å². The van der Waals surface area contributed by atoms with Crippen LogP contribution in [0, 0.1) is 0 Å². The van der Waals surface area contributed by atoms with Crippen molar-refractivity contribution in [3.63, 3.8) is 0 Å². The van der Waals surface area contributed by atoms with E-state index in [1.165, 1.54) is 70.6 Å². The molecule has 0 aliphatic carbocycles. The summed E-state index contributed by atoms with van der Waals surface area (Å²) < 4.78 is 16.7. The summed E-state index contributed by atoms with van der Waals surface area (Å²) in [6.45, 7) is 6.33. The van der Waals surface area contributed by atoms with E-state index in [4.69, 9.17) is 14.2 Å². The Morgan fingerprint density at radius 3 is 1.03 bits per heavy atom. The fourth-order valence-corrected chi connectivity index (χ4v) is 6.72. The number of allylic oxidation sites excluding steroid dienone is 24. The highest BCUT2D eigenvalue weighted by Crippen LogP contribution is 2.10. The first kappa shape index (κ1) is 64.3. The molecule has 0 fully saturated rings. The van der Waals surface area contributed by atoms with Crippen LogP contribution in [0.2, 0.25) is 0 Å². The SMILES string of the molecule is CC/C=C\C/C=C\C/C=C\C/C=C\C/C=C\C/C=C\CCC(=O)O[C@@H](COC(=O)CCC/C=C\C/C=C\C/C=C\CCCCCCCC)COC(=O)CCCC/C=C\C/C=C\C/C=C\CCCCC. The number of unbranched alkanes of at least 4 members (excludes halogenated alkanes) is 12. The summed E-state index contributed by atoms with van der Waals surface area (Å²) in [7, 11) is 0. The second-order valence-electron chi connectivity index (χ2n) is 17.4. The molecular formula is C63H98O6. The number of ether oxygens (including phenoxy) is 3. The molecule has 0 spiro atoms. The van der Waals surface area contributed by atoms with Gasteiger partial charge in [0.05, 0.1) is 0 Å². The molecule has 0 aromatic rings. The van der Waals surface area contributed by atoms with Crippen LogP contribution in [0.25, 0.3) is 0 Å². The van der Waals surface area contributed by atoms with E-state index in [9.17, 15) is 14.4 Å². The van der Waals surface area contributed by atoms with E-state index in [2.05, 4.69) is 154 Å². The van der Waals surface area contributed by atoms with E-state index < -0.39 is 12.1 Å². The number of hydrogen-bond acceptors (Lipinski definition) is 6.